The molecule has 0 radical (unpaired) electrons. The van der Waals surface area contributed by atoms with Crippen molar-refractivity contribution in [2.75, 3.05) is 6.26 Å². The summed E-state index contributed by atoms with van der Waals surface area (Å²) < 4.78 is 28.8. The van der Waals surface area contributed by atoms with Gasteiger partial charge in [-0.15, -0.1) is 0 Å². The van der Waals surface area contributed by atoms with Gasteiger partial charge in [-0.05, 0) is 25.1 Å². The largest absolute Gasteiger partial charge is 0.481 e. The quantitative estimate of drug-likeness (QED) is 0.921. The van der Waals surface area contributed by atoms with E-state index in [1.807, 2.05) is 4.72 Å². The van der Waals surface area contributed by atoms with Gasteiger partial charge in [0.25, 0.3) is 5.91 Å². The van der Waals surface area contributed by atoms with E-state index in [0.717, 1.165) is 6.26 Å². The van der Waals surface area contributed by atoms with E-state index in [2.05, 4.69) is 0 Å². The van der Waals surface area contributed by atoms with Gasteiger partial charge in [-0.2, -0.15) is 0 Å². The fraction of sp³-hybridized carbons (Fsp3) is 0.300. The second-order valence-corrected chi connectivity index (χ2v) is 6.23. The Morgan fingerprint density at radius 3 is 2.22 bits per heavy atom. The maximum Gasteiger partial charge on any atom is 0.274 e. The Labute approximate surface area is 115 Å². The highest BCUT2D eigenvalue weighted by Crippen LogP contribution is 2.24. The number of hydrogen-bond donors (Lipinski definition) is 1. The molecule has 0 spiro atoms. The predicted octanol–water partition coefficient (Wildman–Crippen LogP) is 1.84. The Morgan fingerprint density at radius 1 is 1.28 bits per heavy atom. The molecule has 0 aliphatic heterocycles. The van der Waals surface area contributed by atoms with E-state index < -0.39 is 22.0 Å². The summed E-state index contributed by atoms with van der Waals surface area (Å²) in [5.74, 6) is -0.489. The molecular weight excluding hydrogens is 301 g/mol. The van der Waals surface area contributed by atoms with Gasteiger partial charge in [-0.25, -0.2) is 8.42 Å². The molecule has 1 atom stereocenters. The number of nitrogens with one attached hydrogen (secondary N) is 1. The van der Waals surface area contributed by atoms with Crippen molar-refractivity contribution in [3.63, 3.8) is 0 Å². The first kappa shape index (κ1) is 15.1. The summed E-state index contributed by atoms with van der Waals surface area (Å²) in [6.45, 7) is 1.41. The summed E-state index contributed by atoms with van der Waals surface area (Å²) in [7, 11) is -3.61. The molecule has 1 aromatic rings. The van der Waals surface area contributed by atoms with Gasteiger partial charge in [-0.3, -0.25) is 9.52 Å². The molecule has 100 valence electrons. The van der Waals surface area contributed by atoms with Gasteiger partial charge in [-0.1, -0.05) is 23.2 Å². The molecule has 5 nitrogen and oxygen atoms in total. The summed E-state index contributed by atoms with van der Waals surface area (Å²) in [4.78, 5) is 11.5. The smallest absolute Gasteiger partial charge is 0.274 e. The van der Waals surface area contributed by atoms with E-state index in [1.54, 1.807) is 0 Å². The lowest BCUT2D eigenvalue weighted by Crippen LogP contribution is -2.39. The summed E-state index contributed by atoms with van der Waals surface area (Å²) in [5, 5.41) is 0.710. The third-order valence-corrected chi connectivity index (χ3v) is 2.81. The number of hydrogen-bond acceptors (Lipinski definition) is 4. The molecule has 8 heteroatoms. The van der Waals surface area contributed by atoms with Crippen LogP contribution in [0.4, 0.5) is 0 Å². The lowest BCUT2D eigenvalue weighted by Gasteiger charge is -2.14. The van der Waals surface area contributed by atoms with Crippen LogP contribution in [0.2, 0.25) is 10.0 Å². The van der Waals surface area contributed by atoms with Gasteiger partial charge < -0.3 is 4.74 Å². The Morgan fingerprint density at radius 2 is 1.78 bits per heavy atom. The second kappa shape index (κ2) is 5.77. The molecule has 0 saturated carbocycles. The summed E-state index contributed by atoms with van der Waals surface area (Å²) in [6.07, 6.45) is -0.109. The highest BCUT2D eigenvalue weighted by molar-refractivity contribution is 7.89. The van der Waals surface area contributed by atoms with Gasteiger partial charge in [0.05, 0.1) is 6.26 Å². The molecule has 1 aromatic carbocycles. The van der Waals surface area contributed by atoms with Crippen molar-refractivity contribution >= 4 is 39.1 Å². The second-order valence-electron chi connectivity index (χ2n) is 3.60. The van der Waals surface area contributed by atoms with E-state index in [0.29, 0.717) is 10.0 Å². The van der Waals surface area contributed by atoms with Gasteiger partial charge in [0.2, 0.25) is 10.0 Å². The van der Waals surface area contributed by atoms with E-state index >= 15 is 0 Å². The van der Waals surface area contributed by atoms with E-state index in [4.69, 9.17) is 27.9 Å². The van der Waals surface area contributed by atoms with Crippen LogP contribution in [-0.4, -0.2) is 26.7 Å². The monoisotopic (exact) mass is 311 g/mol. The number of ether oxygens (including phenoxy) is 1. The lowest BCUT2D eigenvalue weighted by molar-refractivity contribution is -0.125. The molecule has 0 unspecified atom stereocenters. The fourth-order valence-corrected chi connectivity index (χ4v) is 2.16. The summed E-state index contributed by atoms with van der Waals surface area (Å²) in [5.41, 5.74) is 0. The molecular formula is C10H11Cl2NO4S. The molecule has 0 saturated heterocycles. The molecule has 0 aliphatic carbocycles. The van der Waals surface area contributed by atoms with E-state index in [9.17, 15) is 13.2 Å². The van der Waals surface area contributed by atoms with Crippen LogP contribution in [-0.2, 0) is 14.8 Å². The van der Waals surface area contributed by atoms with Crippen molar-refractivity contribution in [3.05, 3.63) is 28.2 Å². The van der Waals surface area contributed by atoms with Gasteiger partial charge in [0, 0.05) is 10.0 Å². The number of rotatable bonds is 4. The molecule has 0 aliphatic rings. The highest BCUT2D eigenvalue weighted by atomic mass is 35.5. The van der Waals surface area contributed by atoms with Crippen molar-refractivity contribution in [1.29, 1.82) is 0 Å². The van der Waals surface area contributed by atoms with Crippen LogP contribution in [0.15, 0.2) is 18.2 Å². The Balaban J connectivity index is 2.75. The fourth-order valence-electron chi connectivity index (χ4n) is 1.12. The number of carbonyl (C=O) groups is 1. The predicted molar refractivity (Wildman–Crippen MR) is 69.5 cm³/mol. The molecule has 0 heterocycles. The first-order valence-corrected chi connectivity index (χ1v) is 7.46. The van der Waals surface area contributed by atoms with Crippen LogP contribution in [0.3, 0.4) is 0 Å². The number of halogens is 2. The third-order valence-electron chi connectivity index (χ3n) is 1.80. The first-order chi connectivity index (χ1) is 8.17. The molecule has 0 bridgehead atoms. The van der Waals surface area contributed by atoms with Crippen LogP contribution in [0.5, 0.6) is 5.75 Å². The molecule has 18 heavy (non-hydrogen) atoms. The topological polar surface area (TPSA) is 72.5 Å². The number of amides is 1. The molecule has 1 N–H and O–H groups in total. The third kappa shape index (κ3) is 5.12. The Bertz CT molecular complexity index is 539. The van der Waals surface area contributed by atoms with Crippen molar-refractivity contribution in [3.8, 4) is 5.75 Å². The van der Waals surface area contributed by atoms with Gasteiger partial charge >= 0.3 is 0 Å². The van der Waals surface area contributed by atoms with Gasteiger partial charge in [0.15, 0.2) is 6.10 Å². The van der Waals surface area contributed by atoms with E-state index in [1.165, 1.54) is 25.1 Å². The van der Waals surface area contributed by atoms with Crippen molar-refractivity contribution in [2.24, 2.45) is 0 Å². The van der Waals surface area contributed by atoms with Crippen molar-refractivity contribution in [1.82, 2.24) is 4.72 Å². The summed E-state index contributed by atoms with van der Waals surface area (Å²) in [6, 6.07) is 4.45. The van der Waals surface area contributed by atoms with Crippen LogP contribution >= 0.6 is 23.2 Å². The zero-order chi connectivity index (χ0) is 13.9. The highest BCUT2D eigenvalue weighted by Gasteiger charge is 2.18. The average Bonchev–Trinajstić information content (AvgIpc) is 2.12. The first-order valence-electron chi connectivity index (χ1n) is 4.82. The summed E-state index contributed by atoms with van der Waals surface area (Å²) >= 11 is 11.5. The van der Waals surface area contributed by atoms with Crippen molar-refractivity contribution < 1.29 is 17.9 Å². The zero-order valence-corrected chi connectivity index (χ0v) is 11.9. The van der Waals surface area contributed by atoms with Crippen LogP contribution in [0.25, 0.3) is 0 Å². The Kier molecular flexibility index (Phi) is 4.84. The Hall–Kier alpha value is -0.980. The minimum absolute atomic E-state index is 0.281. The number of sulfonamides is 1. The standard InChI is InChI=1S/C10H11Cl2NO4S/c1-6(10(14)13-18(2,15)16)17-9-4-7(11)3-8(12)5-9/h3-6H,1-2H3,(H,13,14)/t6-/m0/s1. The van der Waals surface area contributed by atoms with Crippen LogP contribution in [0, 0.1) is 0 Å². The maximum atomic E-state index is 11.5. The van der Waals surface area contributed by atoms with Gasteiger partial charge in [0.1, 0.15) is 5.75 Å². The number of carbonyl (C=O) groups excluding carboxylic acids is 1. The minimum Gasteiger partial charge on any atom is -0.481 e. The zero-order valence-electron chi connectivity index (χ0n) is 9.61. The SMILES string of the molecule is C[C@H](Oc1cc(Cl)cc(Cl)c1)C(=O)NS(C)(=O)=O. The van der Waals surface area contributed by atoms with Crippen LogP contribution < -0.4 is 9.46 Å². The number of benzene rings is 1. The average molecular weight is 312 g/mol. The molecule has 1 amide bonds. The molecule has 0 fully saturated rings. The van der Waals surface area contributed by atoms with E-state index in [-0.39, 0.29) is 5.75 Å². The van der Waals surface area contributed by atoms with Crippen LogP contribution in [0.1, 0.15) is 6.92 Å². The lowest BCUT2D eigenvalue weighted by atomic mass is 10.3. The normalized spacial score (nSPS) is 12.9. The minimum atomic E-state index is -3.61. The molecule has 1 rings (SSSR count). The van der Waals surface area contributed by atoms with Crippen molar-refractivity contribution in [2.45, 2.75) is 13.0 Å². The maximum absolute atomic E-state index is 11.5. The molecule has 0 aromatic heterocycles.